The number of hydrogen-bond acceptors (Lipinski definition) is 4. The van der Waals surface area contributed by atoms with Crippen LogP contribution in [0.5, 0.6) is 0 Å². The molecule has 0 aromatic heterocycles. The maximum atomic E-state index is 6.14. The number of thioether (sulfide) groups is 1. The summed E-state index contributed by atoms with van der Waals surface area (Å²) in [5, 5.41) is 0.572. The van der Waals surface area contributed by atoms with Gasteiger partial charge >= 0.3 is 0 Å². The van der Waals surface area contributed by atoms with E-state index in [2.05, 4.69) is 48.0 Å². The molecule has 2 atom stereocenters. The number of aryl methyl sites for hydroxylation is 1. The molecular formula is C14H19N3S. The smallest absolute Gasteiger partial charge is 0.196 e. The van der Waals surface area contributed by atoms with Crippen LogP contribution in [0.15, 0.2) is 29.3 Å². The monoisotopic (exact) mass is 261 g/mol. The van der Waals surface area contributed by atoms with Crippen molar-refractivity contribution in [3.8, 4) is 0 Å². The van der Waals surface area contributed by atoms with Crippen molar-refractivity contribution in [3.63, 3.8) is 0 Å². The summed E-state index contributed by atoms with van der Waals surface area (Å²) in [6.45, 7) is 5.25. The minimum absolute atomic E-state index is 0.0997. The summed E-state index contributed by atoms with van der Waals surface area (Å²) in [7, 11) is 0. The van der Waals surface area contributed by atoms with Gasteiger partial charge in [-0.3, -0.25) is 4.99 Å². The Morgan fingerprint density at radius 1 is 1.50 bits per heavy atom. The first-order valence-corrected chi connectivity index (χ1v) is 7.47. The van der Waals surface area contributed by atoms with Gasteiger partial charge in [0, 0.05) is 10.9 Å². The Morgan fingerprint density at radius 3 is 3.00 bits per heavy atom. The van der Waals surface area contributed by atoms with E-state index in [1.54, 1.807) is 0 Å². The summed E-state index contributed by atoms with van der Waals surface area (Å²) in [6, 6.07) is 8.55. The Balaban J connectivity index is 2.04. The fourth-order valence-electron chi connectivity index (χ4n) is 3.02. The van der Waals surface area contributed by atoms with Crippen LogP contribution in [0.3, 0.4) is 0 Å². The van der Waals surface area contributed by atoms with Crippen molar-refractivity contribution in [3.05, 3.63) is 29.8 Å². The zero-order valence-electron chi connectivity index (χ0n) is 10.9. The third kappa shape index (κ3) is 1.62. The van der Waals surface area contributed by atoms with Crippen LogP contribution in [0.4, 0.5) is 5.69 Å². The molecule has 1 aromatic carbocycles. The van der Waals surface area contributed by atoms with Crippen LogP contribution >= 0.6 is 11.8 Å². The van der Waals surface area contributed by atoms with E-state index in [9.17, 15) is 0 Å². The lowest BCUT2D eigenvalue weighted by Crippen LogP contribution is -2.55. The van der Waals surface area contributed by atoms with E-state index < -0.39 is 0 Å². The molecule has 0 aliphatic carbocycles. The molecule has 4 heteroatoms. The van der Waals surface area contributed by atoms with Gasteiger partial charge in [0.05, 0.1) is 12.1 Å². The molecule has 3 nitrogen and oxygen atoms in total. The molecule has 1 fully saturated rings. The van der Waals surface area contributed by atoms with E-state index in [-0.39, 0.29) is 5.54 Å². The highest BCUT2D eigenvalue weighted by Gasteiger charge is 2.50. The van der Waals surface area contributed by atoms with Crippen LogP contribution in [0.25, 0.3) is 0 Å². The predicted molar refractivity (Wildman–Crippen MR) is 79.4 cm³/mol. The minimum Gasteiger partial charge on any atom is -0.369 e. The highest BCUT2D eigenvalue weighted by molar-refractivity contribution is 8.00. The van der Waals surface area contributed by atoms with Gasteiger partial charge in [-0.2, -0.15) is 11.8 Å². The summed E-state index contributed by atoms with van der Waals surface area (Å²) >= 11 is 2.03. The van der Waals surface area contributed by atoms with Gasteiger partial charge in [-0.05, 0) is 36.8 Å². The Morgan fingerprint density at radius 2 is 2.33 bits per heavy atom. The summed E-state index contributed by atoms with van der Waals surface area (Å²) in [5.74, 6) is 1.88. The van der Waals surface area contributed by atoms with Crippen molar-refractivity contribution >= 4 is 23.4 Å². The maximum absolute atomic E-state index is 6.14. The van der Waals surface area contributed by atoms with Gasteiger partial charge in [-0.15, -0.1) is 0 Å². The van der Waals surface area contributed by atoms with Crippen LogP contribution in [-0.4, -0.2) is 29.0 Å². The largest absolute Gasteiger partial charge is 0.369 e. The lowest BCUT2D eigenvalue weighted by Gasteiger charge is -2.39. The fourth-order valence-corrected chi connectivity index (χ4v) is 4.45. The molecule has 0 saturated carbocycles. The fraction of sp³-hybridized carbons (Fsp3) is 0.500. The van der Waals surface area contributed by atoms with Gasteiger partial charge in [0.25, 0.3) is 0 Å². The van der Waals surface area contributed by atoms with E-state index in [0.29, 0.717) is 11.2 Å². The Labute approximate surface area is 112 Å². The topological polar surface area (TPSA) is 41.6 Å². The third-order valence-corrected chi connectivity index (χ3v) is 5.49. The molecule has 1 spiro atoms. The van der Waals surface area contributed by atoms with Crippen molar-refractivity contribution in [2.24, 2.45) is 10.7 Å². The average Bonchev–Trinajstić information content (AvgIpc) is 2.85. The van der Waals surface area contributed by atoms with Crippen molar-refractivity contribution in [1.29, 1.82) is 0 Å². The van der Waals surface area contributed by atoms with Crippen molar-refractivity contribution in [1.82, 2.24) is 0 Å². The number of aliphatic imine (C=N–C) groups is 1. The zero-order valence-corrected chi connectivity index (χ0v) is 11.7. The molecular weight excluding hydrogens is 242 g/mol. The zero-order chi connectivity index (χ0) is 12.8. The van der Waals surface area contributed by atoms with E-state index in [1.807, 2.05) is 11.8 Å². The first-order valence-electron chi connectivity index (χ1n) is 6.42. The molecule has 18 heavy (non-hydrogen) atoms. The highest BCUT2D eigenvalue weighted by atomic mass is 32.2. The van der Waals surface area contributed by atoms with Gasteiger partial charge in [0.15, 0.2) is 5.96 Å². The standard InChI is InChI=1S/C14H19N3S/c1-10-4-3-5-12(8-10)17-13(15)16-9-14(17)6-7-18-11(14)2/h3-5,8,11H,6-7,9H2,1-2H3,(H2,15,16). The molecule has 3 rings (SSSR count). The third-order valence-electron chi connectivity index (χ3n) is 4.11. The molecule has 1 aromatic rings. The molecule has 2 aliphatic heterocycles. The summed E-state index contributed by atoms with van der Waals surface area (Å²) in [6.07, 6.45) is 1.16. The summed E-state index contributed by atoms with van der Waals surface area (Å²) in [4.78, 5) is 6.78. The number of rotatable bonds is 1. The van der Waals surface area contributed by atoms with Crippen LogP contribution in [0.2, 0.25) is 0 Å². The SMILES string of the molecule is Cc1cccc(N2C(N)=NCC23CCSC3C)c1. The second-order valence-corrected chi connectivity index (χ2v) is 6.66. The molecule has 0 amide bonds. The van der Waals surface area contributed by atoms with Gasteiger partial charge in [0.2, 0.25) is 0 Å². The van der Waals surface area contributed by atoms with E-state index in [1.165, 1.54) is 17.0 Å². The van der Waals surface area contributed by atoms with Crippen LogP contribution in [-0.2, 0) is 0 Å². The summed E-state index contributed by atoms with van der Waals surface area (Å²) in [5.41, 5.74) is 8.69. The number of anilines is 1. The molecule has 2 heterocycles. The van der Waals surface area contributed by atoms with Crippen molar-refractivity contribution < 1.29 is 0 Å². The number of guanidine groups is 1. The molecule has 0 bridgehead atoms. The first kappa shape index (κ1) is 11.9. The predicted octanol–water partition coefficient (Wildman–Crippen LogP) is 2.39. The second-order valence-electron chi connectivity index (χ2n) is 5.22. The molecule has 2 N–H and O–H groups in total. The molecule has 96 valence electrons. The van der Waals surface area contributed by atoms with E-state index in [4.69, 9.17) is 5.73 Å². The number of benzene rings is 1. The summed E-state index contributed by atoms with van der Waals surface area (Å²) < 4.78 is 0. The van der Waals surface area contributed by atoms with Gasteiger partial charge in [-0.1, -0.05) is 19.1 Å². The average molecular weight is 261 g/mol. The Kier molecular flexibility index (Phi) is 2.77. The normalized spacial score (nSPS) is 31.1. The van der Waals surface area contributed by atoms with E-state index >= 15 is 0 Å². The molecule has 0 radical (unpaired) electrons. The van der Waals surface area contributed by atoms with Gasteiger partial charge in [-0.25, -0.2) is 0 Å². The Hall–Kier alpha value is -1.16. The number of nitrogens with two attached hydrogens (primary N) is 1. The number of nitrogens with zero attached hydrogens (tertiary/aromatic N) is 2. The van der Waals surface area contributed by atoms with Crippen molar-refractivity contribution in [2.45, 2.75) is 31.1 Å². The first-order chi connectivity index (χ1) is 8.63. The van der Waals surface area contributed by atoms with Crippen molar-refractivity contribution in [2.75, 3.05) is 17.2 Å². The lowest BCUT2D eigenvalue weighted by molar-refractivity contribution is 0.460. The number of hydrogen-bond donors (Lipinski definition) is 1. The Bertz CT molecular complexity index is 500. The van der Waals surface area contributed by atoms with E-state index in [0.717, 1.165) is 13.0 Å². The minimum atomic E-state index is 0.0997. The maximum Gasteiger partial charge on any atom is 0.196 e. The van der Waals surface area contributed by atoms with Gasteiger partial charge in [0.1, 0.15) is 0 Å². The molecule has 1 saturated heterocycles. The second kappa shape index (κ2) is 4.19. The molecule has 2 aliphatic rings. The quantitative estimate of drug-likeness (QED) is 0.844. The van der Waals surface area contributed by atoms with Crippen LogP contribution in [0, 0.1) is 6.92 Å². The lowest BCUT2D eigenvalue weighted by atomic mass is 9.91. The van der Waals surface area contributed by atoms with Crippen LogP contribution < -0.4 is 10.6 Å². The van der Waals surface area contributed by atoms with Crippen LogP contribution in [0.1, 0.15) is 18.9 Å². The highest BCUT2D eigenvalue weighted by Crippen LogP contribution is 2.44. The molecule has 2 unspecified atom stereocenters. The van der Waals surface area contributed by atoms with Gasteiger partial charge < -0.3 is 10.6 Å².